The molecule has 3 rings (SSSR count). The molecule has 1 aliphatic rings. The van der Waals surface area contributed by atoms with Gasteiger partial charge in [-0.25, -0.2) is 4.39 Å². The number of anilines is 1. The second-order valence-electron chi connectivity index (χ2n) is 6.45. The molecule has 0 saturated carbocycles. The van der Waals surface area contributed by atoms with Crippen LogP contribution in [0.3, 0.4) is 0 Å². The molecule has 1 heterocycles. The number of likely N-dealkylation sites (N-methyl/N-ethyl adjacent to an activating group) is 1. The van der Waals surface area contributed by atoms with Crippen molar-refractivity contribution in [3.8, 4) is 5.75 Å². The number of halogens is 1. The lowest BCUT2D eigenvalue weighted by Crippen LogP contribution is -2.44. The number of rotatable bonds is 6. The third-order valence-electron chi connectivity index (χ3n) is 4.49. The third-order valence-corrected chi connectivity index (χ3v) is 4.49. The van der Waals surface area contributed by atoms with Gasteiger partial charge in [-0.1, -0.05) is 24.3 Å². The highest BCUT2D eigenvalue weighted by molar-refractivity contribution is 5.77. The Labute approximate surface area is 153 Å². The molecule has 0 aromatic heterocycles. The van der Waals surface area contributed by atoms with Gasteiger partial charge in [0, 0.05) is 38.4 Å². The van der Waals surface area contributed by atoms with E-state index < -0.39 is 5.82 Å². The number of hydrogen-bond acceptors (Lipinski definition) is 4. The number of benzene rings is 2. The average molecular weight is 357 g/mol. The SMILES string of the molecule is CN1CCN(c2ccc(CNC(=O)COc3ccccc3F)cc2)CC1. The third kappa shape index (κ3) is 4.95. The molecule has 0 radical (unpaired) electrons. The van der Waals surface area contributed by atoms with Crippen molar-refractivity contribution < 1.29 is 13.9 Å². The van der Waals surface area contributed by atoms with Crippen LogP contribution in [0, 0.1) is 5.82 Å². The number of hydrogen-bond donors (Lipinski definition) is 1. The number of piperazine rings is 1. The molecule has 1 amide bonds. The minimum atomic E-state index is -0.472. The van der Waals surface area contributed by atoms with E-state index >= 15 is 0 Å². The standard InChI is InChI=1S/C20H24FN3O2/c1-23-10-12-24(13-11-23)17-8-6-16(7-9-17)14-22-20(25)15-26-19-5-3-2-4-18(19)21/h2-9H,10-15H2,1H3,(H,22,25). The van der Waals surface area contributed by atoms with Crippen LogP contribution in [0.25, 0.3) is 0 Å². The van der Waals surface area contributed by atoms with Gasteiger partial charge in [-0.05, 0) is 36.9 Å². The van der Waals surface area contributed by atoms with E-state index in [2.05, 4.69) is 34.3 Å². The lowest BCUT2D eigenvalue weighted by molar-refractivity contribution is -0.123. The first-order chi connectivity index (χ1) is 12.6. The van der Waals surface area contributed by atoms with E-state index in [4.69, 9.17) is 4.74 Å². The van der Waals surface area contributed by atoms with E-state index in [9.17, 15) is 9.18 Å². The van der Waals surface area contributed by atoms with E-state index in [1.165, 1.54) is 17.8 Å². The van der Waals surface area contributed by atoms with E-state index in [-0.39, 0.29) is 18.3 Å². The Bertz CT molecular complexity index is 728. The molecule has 0 bridgehead atoms. The Balaban J connectivity index is 1.44. The van der Waals surface area contributed by atoms with Gasteiger partial charge in [-0.2, -0.15) is 0 Å². The molecule has 1 saturated heterocycles. The van der Waals surface area contributed by atoms with Crippen molar-refractivity contribution in [3.05, 3.63) is 59.9 Å². The van der Waals surface area contributed by atoms with Crippen molar-refractivity contribution >= 4 is 11.6 Å². The number of nitrogens with one attached hydrogen (secondary N) is 1. The van der Waals surface area contributed by atoms with E-state index in [1.807, 2.05) is 12.1 Å². The fourth-order valence-corrected chi connectivity index (χ4v) is 2.85. The van der Waals surface area contributed by atoms with Gasteiger partial charge in [0.25, 0.3) is 5.91 Å². The summed E-state index contributed by atoms with van der Waals surface area (Å²) in [6.45, 7) is 4.41. The second-order valence-corrected chi connectivity index (χ2v) is 6.45. The monoisotopic (exact) mass is 357 g/mol. The minimum Gasteiger partial charge on any atom is -0.481 e. The van der Waals surface area contributed by atoms with Crippen LogP contribution in [0.15, 0.2) is 48.5 Å². The number of para-hydroxylation sites is 1. The quantitative estimate of drug-likeness (QED) is 0.862. The number of amides is 1. The average Bonchev–Trinajstić information content (AvgIpc) is 2.67. The summed E-state index contributed by atoms with van der Waals surface area (Å²) in [5, 5.41) is 2.79. The summed E-state index contributed by atoms with van der Waals surface area (Å²) in [5.41, 5.74) is 2.22. The minimum absolute atomic E-state index is 0.0826. The van der Waals surface area contributed by atoms with Crippen LogP contribution in [0.1, 0.15) is 5.56 Å². The summed E-state index contributed by atoms with van der Waals surface area (Å²) in [5.74, 6) is -0.671. The van der Waals surface area contributed by atoms with Crippen LogP contribution in [0.5, 0.6) is 5.75 Å². The molecular weight excluding hydrogens is 333 g/mol. The van der Waals surface area contributed by atoms with Crippen molar-refractivity contribution in [2.45, 2.75) is 6.54 Å². The van der Waals surface area contributed by atoms with Crippen LogP contribution in [0.2, 0.25) is 0 Å². The molecule has 1 aliphatic heterocycles. The zero-order chi connectivity index (χ0) is 18.4. The Hall–Kier alpha value is -2.60. The first-order valence-electron chi connectivity index (χ1n) is 8.78. The number of carbonyl (C=O) groups excluding carboxylic acids is 1. The van der Waals surface area contributed by atoms with Gasteiger partial charge in [0.15, 0.2) is 18.2 Å². The Morgan fingerprint density at radius 2 is 1.77 bits per heavy atom. The van der Waals surface area contributed by atoms with Crippen LogP contribution < -0.4 is 15.0 Å². The van der Waals surface area contributed by atoms with Crippen LogP contribution in [0.4, 0.5) is 10.1 Å². The molecule has 1 fully saturated rings. The summed E-state index contributed by atoms with van der Waals surface area (Å²) in [4.78, 5) is 16.6. The number of ether oxygens (including phenoxy) is 1. The maximum absolute atomic E-state index is 13.4. The van der Waals surface area contributed by atoms with Crippen LogP contribution >= 0.6 is 0 Å². The van der Waals surface area contributed by atoms with E-state index in [0.717, 1.165) is 31.7 Å². The summed E-state index contributed by atoms with van der Waals surface area (Å²) in [6.07, 6.45) is 0. The normalized spacial score (nSPS) is 14.9. The summed E-state index contributed by atoms with van der Waals surface area (Å²) >= 11 is 0. The fraction of sp³-hybridized carbons (Fsp3) is 0.350. The lowest BCUT2D eigenvalue weighted by atomic mass is 10.2. The predicted molar refractivity (Wildman–Crippen MR) is 99.9 cm³/mol. The highest BCUT2D eigenvalue weighted by Gasteiger charge is 2.14. The molecule has 26 heavy (non-hydrogen) atoms. The molecule has 0 spiro atoms. The summed E-state index contributed by atoms with van der Waals surface area (Å²) in [7, 11) is 2.14. The highest BCUT2D eigenvalue weighted by atomic mass is 19.1. The largest absolute Gasteiger partial charge is 0.481 e. The predicted octanol–water partition coefficient (Wildman–Crippen LogP) is 2.27. The molecule has 6 heteroatoms. The first-order valence-corrected chi connectivity index (χ1v) is 8.78. The van der Waals surface area contributed by atoms with Crippen molar-refractivity contribution in [3.63, 3.8) is 0 Å². The van der Waals surface area contributed by atoms with Gasteiger partial charge in [-0.3, -0.25) is 4.79 Å². The zero-order valence-corrected chi connectivity index (χ0v) is 15.0. The summed E-state index contributed by atoms with van der Waals surface area (Å²) in [6, 6.07) is 14.3. The molecule has 0 unspecified atom stereocenters. The molecule has 0 aliphatic carbocycles. The van der Waals surface area contributed by atoms with Gasteiger partial charge < -0.3 is 19.9 Å². The molecule has 5 nitrogen and oxygen atoms in total. The van der Waals surface area contributed by atoms with Crippen molar-refractivity contribution in [2.24, 2.45) is 0 Å². The second kappa shape index (κ2) is 8.67. The molecular formula is C20H24FN3O2. The van der Waals surface area contributed by atoms with Gasteiger partial charge in [-0.15, -0.1) is 0 Å². The van der Waals surface area contributed by atoms with Gasteiger partial charge in [0.1, 0.15) is 0 Å². The first kappa shape index (κ1) is 18.2. The Kier molecular flexibility index (Phi) is 6.07. The van der Waals surface area contributed by atoms with Crippen molar-refractivity contribution in [1.82, 2.24) is 10.2 Å². The lowest BCUT2D eigenvalue weighted by Gasteiger charge is -2.34. The smallest absolute Gasteiger partial charge is 0.258 e. The Morgan fingerprint density at radius 1 is 1.08 bits per heavy atom. The molecule has 2 aromatic carbocycles. The zero-order valence-electron chi connectivity index (χ0n) is 15.0. The van der Waals surface area contributed by atoms with Gasteiger partial charge >= 0.3 is 0 Å². The number of carbonyl (C=O) groups is 1. The Morgan fingerprint density at radius 3 is 2.46 bits per heavy atom. The fourth-order valence-electron chi connectivity index (χ4n) is 2.85. The molecule has 138 valence electrons. The summed E-state index contributed by atoms with van der Waals surface area (Å²) < 4.78 is 18.6. The van der Waals surface area contributed by atoms with Crippen LogP contribution in [-0.2, 0) is 11.3 Å². The van der Waals surface area contributed by atoms with Crippen molar-refractivity contribution in [1.29, 1.82) is 0 Å². The molecule has 0 atom stereocenters. The van der Waals surface area contributed by atoms with Crippen LogP contribution in [-0.4, -0.2) is 50.6 Å². The van der Waals surface area contributed by atoms with E-state index in [0.29, 0.717) is 6.54 Å². The van der Waals surface area contributed by atoms with Gasteiger partial charge in [0.2, 0.25) is 0 Å². The maximum atomic E-state index is 13.4. The van der Waals surface area contributed by atoms with E-state index in [1.54, 1.807) is 12.1 Å². The van der Waals surface area contributed by atoms with Gasteiger partial charge in [0.05, 0.1) is 0 Å². The highest BCUT2D eigenvalue weighted by Crippen LogP contribution is 2.17. The number of nitrogens with zero attached hydrogens (tertiary/aromatic N) is 2. The van der Waals surface area contributed by atoms with Crippen molar-refractivity contribution in [2.75, 3.05) is 44.7 Å². The maximum Gasteiger partial charge on any atom is 0.258 e. The molecule has 2 aromatic rings. The topological polar surface area (TPSA) is 44.8 Å². The molecule has 1 N–H and O–H groups in total.